The van der Waals surface area contributed by atoms with Gasteiger partial charge in [-0.3, -0.25) is 0 Å². The molecule has 3 heteroatoms. The molecule has 9 aromatic carbocycles. The van der Waals surface area contributed by atoms with Crippen LogP contribution in [0, 0.1) is 0 Å². The topological polar surface area (TPSA) is 31.2 Å². The van der Waals surface area contributed by atoms with E-state index in [1.54, 1.807) is 0 Å². The smallest absolute Gasteiger partial charge is 0.144 e. The van der Waals surface area contributed by atoms with Crippen molar-refractivity contribution < 1.29 is 8.83 Å². The molecule has 0 N–H and O–H groups in total. The average molecular weight is 702 g/mol. The number of hydrogen-bond acceptors (Lipinski definition) is 2. The third-order valence-corrected chi connectivity index (χ3v) is 11.4. The van der Waals surface area contributed by atoms with E-state index in [1.807, 2.05) is 18.2 Å². The zero-order valence-electron chi connectivity index (χ0n) is 29.7. The van der Waals surface area contributed by atoms with Crippen LogP contribution in [0.15, 0.2) is 197 Å². The maximum Gasteiger partial charge on any atom is 0.144 e. The number of fused-ring (bicyclic) bond motifs is 10. The summed E-state index contributed by atoms with van der Waals surface area (Å²) in [7, 11) is 0. The van der Waals surface area contributed by atoms with Crippen molar-refractivity contribution in [1.82, 2.24) is 4.57 Å². The number of aromatic nitrogens is 1. The predicted molar refractivity (Wildman–Crippen MR) is 229 cm³/mol. The van der Waals surface area contributed by atoms with E-state index in [4.69, 9.17) is 8.83 Å². The molecular weight excluding hydrogens is 671 g/mol. The first kappa shape index (κ1) is 30.1. The van der Waals surface area contributed by atoms with E-state index in [-0.39, 0.29) is 0 Å². The summed E-state index contributed by atoms with van der Waals surface area (Å²) in [6, 6.07) is 67.0. The van der Waals surface area contributed by atoms with Gasteiger partial charge in [-0.05, 0) is 80.7 Å². The Bertz CT molecular complexity index is 3420. The number of benzene rings is 9. The molecule has 0 fully saturated rings. The van der Waals surface area contributed by atoms with Gasteiger partial charge in [0.1, 0.15) is 22.5 Å². The van der Waals surface area contributed by atoms with Crippen molar-refractivity contribution in [2.75, 3.05) is 0 Å². The Kier molecular flexibility index (Phi) is 6.34. The average Bonchev–Trinajstić information content (AvgIpc) is 3.93. The Balaban J connectivity index is 1.24. The molecule has 0 radical (unpaired) electrons. The minimum Gasteiger partial charge on any atom is -0.456 e. The molecule has 0 bridgehead atoms. The van der Waals surface area contributed by atoms with Crippen LogP contribution in [0.4, 0.5) is 0 Å². The number of para-hydroxylation sites is 3. The molecule has 3 heterocycles. The second kappa shape index (κ2) is 11.6. The Hall–Kier alpha value is -7.36. The molecular formula is C52H31NO2. The number of rotatable bonds is 4. The molecule has 0 amide bonds. The first-order chi connectivity index (χ1) is 27.3. The molecule has 0 saturated carbocycles. The maximum atomic E-state index is 7.16. The molecule has 0 unspecified atom stereocenters. The summed E-state index contributed by atoms with van der Waals surface area (Å²) < 4.78 is 16.0. The van der Waals surface area contributed by atoms with E-state index in [0.717, 1.165) is 71.8 Å². The zero-order chi connectivity index (χ0) is 36.0. The van der Waals surface area contributed by atoms with E-state index in [0.29, 0.717) is 0 Å². The molecule has 55 heavy (non-hydrogen) atoms. The van der Waals surface area contributed by atoms with Gasteiger partial charge in [0, 0.05) is 43.7 Å². The zero-order valence-corrected chi connectivity index (χ0v) is 29.7. The Morgan fingerprint density at radius 1 is 0.309 bits per heavy atom. The summed E-state index contributed by atoms with van der Waals surface area (Å²) in [5.41, 5.74) is 11.8. The highest BCUT2D eigenvalue weighted by atomic mass is 16.3. The van der Waals surface area contributed by atoms with Gasteiger partial charge < -0.3 is 13.4 Å². The first-order valence-electron chi connectivity index (χ1n) is 18.8. The van der Waals surface area contributed by atoms with Crippen molar-refractivity contribution in [3.05, 3.63) is 188 Å². The van der Waals surface area contributed by atoms with Crippen LogP contribution >= 0.6 is 0 Å². The number of furan rings is 2. The lowest BCUT2D eigenvalue weighted by molar-refractivity contribution is 0.633. The Labute approximate surface area is 315 Å². The van der Waals surface area contributed by atoms with Crippen molar-refractivity contribution >= 4 is 76.3 Å². The molecule has 0 atom stereocenters. The molecule has 0 aliphatic heterocycles. The maximum absolute atomic E-state index is 7.16. The summed E-state index contributed by atoms with van der Waals surface area (Å²) in [5.74, 6) is 0.858. The Morgan fingerprint density at radius 3 is 1.56 bits per heavy atom. The van der Waals surface area contributed by atoms with Gasteiger partial charge in [-0.2, -0.15) is 0 Å². The highest BCUT2D eigenvalue weighted by molar-refractivity contribution is 6.29. The van der Waals surface area contributed by atoms with Gasteiger partial charge in [0.15, 0.2) is 0 Å². The van der Waals surface area contributed by atoms with Crippen LogP contribution in [0.3, 0.4) is 0 Å². The molecule has 3 aromatic heterocycles. The standard InChI is InChI=1S/C52H31NO2/c1-3-16-32(17-4-1)46-51-45(31-30-44-50(51)39-25-12-14-29-43(39)54-44)55-52(46)49-36-22-9-7-20-34(36)47(35-21-8-10-23-37(35)49)40-26-15-28-42-48(40)38-24-11-13-27-41(38)53(42)33-18-5-2-6-19-33/h1-31H. The van der Waals surface area contributed by atoms with Crippen molar-refractivity contribution in [2.45, 2.75) is 0 Å². The minimum absolute atomic E-state index is 0.837. The van der Waals surface area contributed by atoms with Crippen LogP contribution in [0.1, 0.15) is 0 Å². The van der Waals surface area contributed by atoms with Gasteiger partial charge in [-0.1, -0.05) is 146 Å². The molecule has 0 spiro atoms. The summed E-state index contributed by atoms with van der Waals surface area (Å²) in [4.78, 5) is 0. The number of hydrogen-bond donors (Lipinski definition) is 0. The molecule has 12 rings (SSSR count). The molecule has 0 aliphatic rings. The highest BCUT2D eigenvalue weighted by Crippen LogP contribution is 2.52. The van der Waals surface area contributed by atoms with Gasteiger partial charge in [0.25, 0.3) is 0 Å². The van der Waals surface area contributed by atoms with Crippen LogP contribution in [0.2, 0.25) is 0 Å². The normalized spacial score (nSPS) is 12.0. The Morgan fingerprint density at radius 2 is 0.855 bits per heavy atom. The van der Waals surface area contributed by atoms with Crippen molar-refractivity contribution in [1.29, 1.82) is 0 Å². The second-order valence-electron chi connectivity index (χ2n) is 14.3. The monoisotopic (exact) mass is 701 g/mol. The summed E-state index contributed by atoms with van der Waals surface area (Å²) in [6.45, 7) is 0. The van der Waals surface area contributed by atoms with Gasteiger partial charge in [0.2, 0.25) is 0 Å². The minimum atomic E-state index is 0.837. The predicted octanol–water partition coefficient (Wildman–Crippen LogP) is 14.7. The lowest BCUT2D eigenvalue weighted by Gasteiger charge is -2.18. The van der Waals surface area contributed by atoms with Crippen LogP contribution in [0.5, 0.6) is 0 Å². The van der Waals surface area contributed by atoms with Crippen LogP contribution in [-0.2, 0) is 0 Å². The fourth-order valence-electron chi connectivity index (χ4n) is 9.21. The molecule has 12 aromatic rings. The third kappa shape index (κ3) is 4.26. The van der Waals surface area contributed by atoms with E-state index < -0.39 is 0 Å². The van der Waals surface area contributed by atoms with Gasteiger partial charge in [0.05, 0.1) is 11.0 Å². The van der Waals surface area contributed by atoms with E-state index in [2.05, 4.69) is 174 Å². The van der Waals surface area contributed by atoms with Crippen molar-refractivity contribution in [3.8, 4) is 39.3 Å². The SMILES string of the molecule is c1ccc(-c2c(-c3c4ccccc4c(-c4cccc5c4c4ccccc4n5-c4ccccc4)c4ccccc34)oc3ccc4oc5ccccc5c4c23)cc1. The van der Waals surface area contributed by atoms with Gasteiger partial charge in [-0.25, -0.2) is 0 Å². The van der Waals surface area contributed by atoms with Crippen LogP contribution < -0.4 is 0 Å². The molecule has 256 valence electrons. The lowest BCUT2D eigenvalue weighted by Crippen LogP contribution is -1.94. The lowest BCUT2D eigenvalue weighted by atomic mass is 9.85. The highest BCUT2D eigenvalue weighted by Gasteiger charge is 2.27. The van der Waals surface area contributed by atoms with Crippen LogP contribution in [-0.4, -0.2) is 4.57 Å². The first-order valence-corrected chi connectivity index (χ1v) is 18.8. The van der Waals surface area contributed by atoms with Crippen molar-refractivity contribution in [3.63, 3.8) is 0 Å². The van der Waals surface area contributed by atoms with Crippen LogP contribution in [0.25, 0.3) is 116 Å². The van der Waals surface area contributed by atoms with Gasteiger partial charge in [-0.15, -0.1) is 0 Å². The third-order valence-electron chi connectivity index (χ3n) is 11.4. The summed E-state index contributed by atoms with van der Waals surface area (Å²) >= 11 is 0. The quantitative estimate of drug-likeness (QED) is 0.171. The fraction of sp³-hybridized carbons (Fsp3) is 0. The number of nitrogens with zero attached hydrogens (tertiary/aromatic N) is 1. The molecule has 0 saturated heterocycles. The largest absolute Gasteiger partial charge is 0.456 e. The van der Waals surface area contributed by atoms with E-state index >= 15 is 0 Å². The fourth-order valence-corrected chi connectivity index (χ4v) is 9.21. The van der Waals surface area contributed by atoms with Gasteiger partial charge >= 0.3 is 0 Å². The van der Waals surface area contributed by atoms with Crippen molar-refractivity contribution in [2.24, 2.45) is 0 Å². The molecule has 0 aliphatic carbocycles. The van der Waals surface area contributed by atoms with E-state index in [9.17, 15) is 0 Å². The summed E-state index contributed by atoms with van der Waals surface area (Å²) in [6.07, 6.45) is 0. The van der Waals surface area contributed by atoms with E-state index in [1.165, 1.54) is 43.7 Å². The second-order valence-corrected chi connectivity index (χ2v) is 14.3. The molecule has 3 nitrogen and oxygen atoms in total. The summed E-state index contributed by atoms with van der Waals surface area (Å²) in [5, 5.41) is 10.3.